The standard InChI is InChI=1S/C15H23F2NO4S2/c1-11(2)5-4-6-12(3)18-24(21,22)14-9-7-13(8-10-14)23(19,20)15(16)17/h7-12,15,18H,4-6H2,1-3H3/t12-/m0/s1. The highest BCUT2D eigenvalue weighted by molar-refractivity contribution is 7.91. The third-order valence-corrected chi connectivity index (χ3v) is 6.48. The monoisotopic (exact) mass is 383 g/mol. The van der Waals surface area contributed by atoms with Gasteiger partial charge in [-0.1, -0.05) is 26.7 Å². The van der Waals surface area contributed by atoms with Crippen molar-refractivity contribution < 1.29 is 25.6 Å². The molecule has 0 radical (unpaired) electrons. The summed E-state index contributed by atoms with van der Waals surface area (Å²) in [5.41, 5.74) is 0. The van der Waals surface area contributed by atoms with E-state index in [2.05, 4.69) is 18.6 Å². The smallest absolute Gasteiger partial charge is 0.218 e. The van der Waals surface area contributed by atoms with Crippen molar-refractivity contribution in [1.29, 1.82) is 0 Å². The molecule has 1 aromatic carbocycles. The molecule has 1 aromatic rings. The Bertz CT molecular complexity index is 729. The normalized spacial score (nSPS) is 14.3. The van der Waals surface area contributed by atoms with Gasteiger partial charge in [-0.05, 0) is 43.5 Å². The van der Waals surface area contributed by atoms with E-state index in [1.807, 2.05) is 0 Å². The minimum atomic E-state index is -4.73. The van der Waals surface area contributed by atoms with Gasteiger partial charge >= 0.3 is 5.76 Å². The van der Waals surface area contributed by atoms with Crippen LogP contribution in [0.2, 0.25) is 0 Å². The number of halogens is 2. The van der Waals surface area contributed by atoms with Gasteiger partial charge in [-0.15, -0.1) is 0 Å². The summed E-state index contributed by atoms with van der Waals surface area (Å²) in [6.45, 7) is 5.92. The molecule has 0 bridgehead atoms. The molecule has 1 atom stereocenters. The number of alkyl halides is 2. The lowest BCUT2D eigenvalue weighted by Gasteiger charge is -2.15. The Morgan fingerprint density at radius 1 is 0.917 bits per heavy atom. The Hall–Kier alpha value is -1.06. The Balaban J connectivity index is 2.81. The topological polar surface area (TPSA) is 80.3 Å². The average Bonchev–Trinajstić information content (AvgIpc) is 2.46. The highest BCUT2D eigenvalue weighted by Gasteiger charge is 2.27. The van der Waals surface area contributed by atoms with E-state index in [-0.39, 0.29) is 10.9 Å². The minimum absolute atomic E-state index is 0.161. The zero-order valence-corrected chi connectivity index (χ0v) is 15.5. The van der Waals surface area contributed by atoms with Gasteiger partial charge in [0.05, 0.1) is 9.79 Å². The fraction of sp³-hybridized carbons (Fsp3) is 0.600. The SMILES string of the molecule is CC(C)CCC[C@H](C)NS(=O)(=O)c1ccc(S(=O)(=O)C(F)F)cc1. The Morgan fingerprint density at radius 2 is 1.42 bits per heavy atom. The third-order valence-electron chi connectivity index (χ3n) is 3.47. The van der Waals surface area contributed by atoms with Crippen LogP contribution in [-0.4, -0.2) is 28.6 Å². The van der Waals surface area contributed by atoms with Gasteiger partial charge in [-0.3, -0.25) is 0 Å². The Kier molecular flexibility index (Phi) is 7.30. The first-order valence-electron chi connectivity index (χ1n) is 7.61. The van der Waals surface area contributed by atoms with E-state index in [4.69, 9.17) is 0 Å². The van der Waals surface area contributed by atoms with E-state index >= 15 is 0 Å². The van der Waals surface area contributed by atoms with Gasteiger partial charge < -0.3 is 0 Å². The van der Waals surface area contributed by atoms with E-state index < -0.39 is 30.5 Å². The molecule has 1 N–H and O–H groups in total. The molecule has 138 valence electrons. The summed E-state index contributed by atoms with van der Waals surface area (Å²) >= 11 is 0. The minimum Gasteiger partial charge on any atom is -0.218 e. The van der Waals surface area contributed by atoms with Crippen molar-refractivity contribution in [3.8, 4) is 0 Å². The van der Waals surface area contributed by atoms with Crippen LogP contribution >= 0.6 is 0 Å². The van der Waals surface area contributed by atoms with Gasteiger partial charge in [0.25, 0.3) is 0 Å². The summed E-state index contributed by atoms with van der Waals surface area (Å²) in [5.74, 6) is -3.00. The van der Waals surface area contributed by atoms with Crippen molar-refractivity contribution >= 4 is 19.9 Å². The highest BCUT2D eigenvalue weighted by atomic mass is 32.2. The summed E-state index contributed by atoms with van der Waals surface area (Å²) in [4.78, 5) is -0.771. The predicted octanol–water partition coefficient (Wildman–Crippen LogP) is 3.18. The molecule has 0 fully saturated rings. The molecule has 0 aliphatic heterocycles. The zero-order chi connectivity index (χ0) is 18.5. The Morgan fingerprint density at radius 3 is 1.88 bits per heavy atom. The number of nitrogens with one attached hydrogen (secondary N) is 1. The number of rotatable bonds is 9. The molecule has 0 saturated carbocycles. The second kappa shape index (κ2) is 8.35. The summed E-state index contributed by atoms with van der Waals surface area (Å²) in [5, 5.41) is 0. The van der Waals surface area contributed by atoms with Crippen LogP contribution in [0.1, 0.15) is 40.0 Å². The van der Waals surface area contributed by atoms with Crippen molar-refractivity contribution in [3.05, 3.63) is 24.3 Å². The average molecular weight is 383 g/mol. The van der Waals surface area contributed by atoms with Crippen molar-refractivity contribution in [2.45, 2.75) is 61.6 Å². The first kappa shape index (κ1) is 21.0. The Labute approximate surface area is 142 Å². The maximum absolute atomic E-state index is 12.5. The van der Waals surface area contributed by atoms with Crippen molar-refractivity contribution in [1.82, 2.24) is 4.72 Å². The number of sulfone groups is 1. The van der Waals surface area contributed by atoms with Gasteiger partial charge in [0, 0.05) is 6.04 Å². The largest absolute Gasteiger partial charge is 0.341 e. The van der Waals surface area contributed by atoms with Crippen LogP contribution in [0.5, 0.6) is 0 Å². The van der Waals surface area contributed by atoms with Gasteiger partial charge in [0.1, 0.15) is 0 Å². The van der Waals surface area contributed by atoms with E-state index in [9.17, 15) is 25.6 Å². The van der Waals surface area contributed by atoms with E-state index in [0.29, 0.717) is 12.3 Å². The van der Waals surface area contributed by atoms with Gasteiger partial charge in [-0.2, -0.15) is 8.78 Å². The summed E-state index contributed by atoms with van der Waals surface area (Å²) < 4.78 is 74.5. The molecule has 0 spiro atoms. The second-order valence-electron chi connectivity index (χ2n) is 6.12. The van der Waals surface area contributed by atoms with Crippen LogP contribution in [0.4, 0.5) is 8.78 Å². The van der Waals surface area contributed by atoms with Gasteiger partial charge in [0.15, 0.2) is 0 Å². The molecule has 9 heteroatoms. The molecule has 0 aliphatic carbocycles. The predicted molar refractivity (Wildman–Crippen MR) is 88.1 cm³/mol. The lowest BCUT2D eigenvalue weighted by atomic mass is 10.0. The molecular formula is C15H23F2NO4S2. The first-order valence-corrected chi connectivity index (χ1v) is 10.6. The number of benzene rings is 1. The number of hydrogen-bond donors (Lipinski definition) is 1. The van der Waals surface area contributed by atoms with Crippen LogP contribution in [-0.2, 0) is 19.9 Å². The number of sulfonamides is 1. The quantitative estimate of drug-likeness (QED) is 0.710. The summed E-state index contributed by atoms with van der Waals surface area (Å²) in [7, 11) is -8.56. The second-order valence-corrected chi connectivity index (χ2v) is 9.76. The molecule has 0 unspecified atom stereocenters. The van der Waals surface area contributed by atoms with E-state index in [1.165, 1.54) is 0 Å². The third kappa shape index (κ3) is 5.78. The molecule has 0 saturated heterocycles. The van der Waals surface area contributed by atoms with Crippen LogP contribution in [0.15, 0.2) is 34.1 Å². The zero-order valence-electron chi connectivity index (χ0n) is 13.9. The molecule has 1 rings (SSSR count). The fourth-order valence-corrected chi connectivity index (χ4v) is 4.13. The van der Waals surface area contributed by atoms with Crippen LogP contribution < -0.4 is 4.72 Å². The van der Waals surface area contributed by atoms with Gasteiger partial charge in [0.2, 0.25) is 19.9 Å². The van der Waals surface area contributed by atoms with Crippen molar-refractivity contribution in [2.24, 2.45) is 5.92 Å². The summed E-state index contributed by atoms with van der Waals surface area (Å²) in [6, 6.07) is 3.49. The van der Waals surface area contributed by atoms with Crippen LogP contribution in [0, 0.1) is 5.92 Å². The molecule has 0 amide bonds. The van der Waals surface area contributed by atoms with Crippen molar-refractivity contribution in [3.63, 3.8) is 0 Å². The van der Waals surface area contributed by atoms with Gasteiger partial charge in [-0.25, -0.2) is 21.6 Å². The summed E-state index contributed by atoms with van der Waals surface area (Å²) in [6.07, 6.45) is 2.55. The molecule has 24 heavy (non-hydrogen) atoms. The molecule has 0 aromatic heterocycles. The van der Waals surface area contributed by atoms with E-state index in [1.54, 1.807) is 6.92 Å². The number of hydrogen-bond acceptors (Lipinski definition) is 4. The molecular weight excluding hydrogens is 360 g/mol. The molecule has 0 heterocycles. The van der Waals surface area contributed by atoms with Crippen LogP contribution in [0.25, 0.3) is 0 Å². The van der Waals surface area contributed by atoms with E-state index in [0.717, 1.165) is 37.1 Å². The fourth-order valence-electron chi connectivity index (χ4n) is 2.14. The van der Waals surface area contributed by atoms with Crippen LogP contribution in [0.3, 0.4) is 0 Å². The maximum Gasteiger partial charge on any atom is 0.341 e. The lowest BCUT2D eigenvalue weighted by molar-refractivity contribution is 0.234. The highest BCUT2D eigenvalue weighted by Crippen LogP contribution is 2.20. The first-order chi connectivity index (χ1) is 11.0. The van der Waals surface area contributed by atoms with Crippen molar-refractivity contribution in [2.75, 3.05) is 0 Å². The molecule has 5 nitrogen and oxygen atoms in total. The lowest BCUT2D eigenvalue weighted by Crippen LogP contribution is -2.32. The molecule has 0 aliphatic rings. The maximum atomic E-state index is 12.5.